The van der Waals surface area contributed by atoms with Crippen LogP contribution in [0.4, 0.5) is 0 Å². The van der Waals surface area contributed by atoms with E-state index in [1.165, 1.54) is 19.3 Å². The molecule has 0 aromatic carbocycles. The maximum absolute atomic E-state index is 11.7. The number of carbonyl (C=O) groups excluding carboxylic acids is 1. The summed E-state index contributed by atoms with van der Waals surface area (Å²) in [4.78, 5) is 11.7. The van der Waals surface area contributed by atoms with E-state index in [0.717, 1.165) is 38.5 Å². The van der Waals surface area contributed by atoms with E-state index in [1.54, 1.807) is 11.8 Å². The number of allylic oxidation sites excluding steroid dienone is 6. The maximum Gasteiger partial charge on any atom is 0.319 e. The van der Waals surface area contributed by atoms with Crippen LogP contribution in [0.2, 0.25) is 0 Å². The van der Waals surface area contributed by atoms with Gasteiger partial charge in [0.1, 0.15) is 5.25 Å². The van der Waals surface area contributed by atoms with E-state index in [9.17, 15) is 4.79 Å². The SMILES string of the molecule is CCC=CCC=CCC=CCCCCCCC(SC)C(=O)OCC. The van der Waals surface area contributed by atoms with Crippen molar-refractivity contribution >= 4 is 17.7 Å². The van der Waals surface area contributed by atoms with Crippen molar-refractivity contribution < 1.29 is 9.53 Å². The fourth-order valence-corrected chi connectivity index (χ4v) is 3.00. The van der Waals surface area contributed by atoms with Crippen LogP contribution < -0.4 is 0 Å². The second-order valence-corrected chi connectivity index (χ2v) is 6.80. The van der Waals surface area contributed by atoms with Crippen molar-refractivity contribution in [2.24, 2.45) is 0 Å². The van der Waals surface area contributed by atoms with Gasteiger partial charge in [-0.1, -0.05) is 62.6 Å². The number of hydrogen-bond acceptors (Lipinski definition) is 3. The van der Waals surface area contributed by atoms with Gasteiger partial charge in [0.15, 0.2) is 0 Å². The van der Waals surface area contributed by atoms with Crippen LogP contribution in [-0.2, 0) is 9.53 Å². The van der Waals surface area contributed by atoms with Gasteiger partial charge in [0.05, 0.1) is 6.61 Å². The third-order valence-corrected chi connectivity index (χ3v) is 4.70. The average molecular weight is 353 g/mol. The molecule has 0 saturated carbocycles. The summed E-state index contributed by atoms with van der Waals surface area (Å²) in [6.07, 6.45) is 25.5. The summed E-state index contributed by atoms with van der Waals surface area (Å²) in [6, 6.07) is 0. The van der Waals surface area contributed by atoms with Gasteiger partial charge in [-0.15, -0.1) is 0 Å². The van der Waals surface area contributed by atoms with Crippen LogP contribution in [0.25, 0.3) is 0 Å². The minimum absolute atomic E-state index is 0.0174. The molecule has 0 N–H and O–H groups in total. The summed E-state index contributed by atoms with van der Waals surface area (Å²) >= 11 is 1.61. The summed E-state index contributed by atoms with van der Waals surface area (Å²) in [6.45, 7) is 4.50. The van der Waals surface area contributed by atoms with Crippen LogP contribution in [0.5, 0.6) is 0 Å². The molecular weight excluding hydrogens is 316 g/mol. The van der Waals surface area contributed by atoms with Crippen molar-refractivity contribution in [3.05, 3.63) is 36.5 Å². The van der Waals surface area contributed by atoms with Gasteiger partial charge in [-0.25, -0.2) is 0 Å². The van der Waals surface area contributed by atoms with Gasteiger partial charge in [0, 0.05) is 0 Å². The molecule has 24 heavy (non-hydrogen) atoms. The van der Waals surface area contributed by atoms with Gasteiger partial charge >= 0.3 is 5.97 Å². The lowest BCUT2D eigenvalue weighted by molar-refractivity contribution is -0.142. The van der Waals surface area contributed by atoms with E-state index in [0.29, 0.717) is 6.61 Å². The molecule has 0 fully saturated rings. The molecule has 2 nitrogen and oxygen atoms in total. The Balaban J connectivity index is 3.51. The average Bonchev–Trinajstić information content (AvgIpc) is 2.58. The second-order valence-electron chi connectivity index (χ2n) is 5.76. The van der Waals surface area contributed by atoms with Crippen LogP contribution in [-0.4, -0.2) is 24.1 Å². The maximum atomic E-state index is 11.7. The number of unbranched alkanes of at least 4 members (excludes halogenated alkanes) is 4. The Labute approximate surface area is 153 Å². The largest absolute Gasteiger partial charge is 0.465 e. The first-order valence-corrected chi connectivity index (χ1v) is 10.7. The number of esters is 1. The molecule has 138 valence electrons. The lowest BCUT2D eigenvalue weighted by Gasteiger charge is -2.12. The van der Waals surface area contributed by atoms with Gasteiger partial charge in [0.25, 0.3) is 0 Å². The summed E-state index contributed by atoms with van der Waals surface area (Å²) in [5, 5.41) is 0.0174. The number of thioether (sulfide) groups is 1. The molecular formula is C21H36O2S. The van der Waals surface area contributed by atoms with Gasteiger partial charge in [-0.3, -0.25) is 4.79 Å². The third kappa shape index (κ3) is 14.6. The molecule has 0 amide bonds. The Morgan fingerprint density at radius 1 is 0.917 bits per heavy atom. The molecule has 0 radical (unpaired) electrons. The molecule has 0 spiro atoms. The molecule has 0 aromatic rings. The molecule has 0 aliphatic rings. The van der Waals surface area contributed by atoms with Crippen molar-refractivity contribution in [1.82, 2.24) is 0 Å². The summed E-state index contributed by atoms with van der Waals surface area (Å²) in [5.41, 5.74) is 0. The highest BCUT2D eigenvalue weighted by Gasteiger charge is 2.17. The normalized spacial score (nSPS) is 13.3. The van der Waals surface area contributed by atoms with Gasteiger partial charge in [-0.05, 0) is 51.7 Å². The monoisotopic (exact) mass is 352 g/mol. The zero-order valence-corrected chi connectivity index (χ0v) is 16.7. The molecule has 0 rings (SSSR count). The molecule has 3 heteroatoms. The van der Waals surface area contributed by atoms with Gasteiger partial charge in [-0.2, -0.15) is 11.8 Å². The molecule has 0 heterocycles. The Morgan fingerprint density at radius 2 is 1.54 bits per heavy atom. The molecule has 0 saturated heterocycles. The summed E-state index contributed by atoms with van der Waals surface area (Å²) in [7, 11) is 0. The van der Waals surface area contributed by atoms with Crippen molar-refractivity contribution in [3.8, 4) is 0 Å². The predicted octanol–water partition coefficient (Wildman–Crippen LogP) is 6.48. The molecule has 1 unspecified atom stereocenters. The smallest absolute Gasteiger partial charge is 0.319 e. The van der Waals surface area contributed by atoms with Gasteiger partial charge in [0.2, 0.25) is 0 Å². The van der Waals surface area contributed by atoms with Crippen LogP contribution in [0.1, 0.15) is 71.6 Å². The Hall–Kier alpha value is -0.960. The van der Waals surface area contributed by atoms with E-state index in [2.05, 4.69) is 43.4 Å². The zero-order valence-electron chi connectivity index (χ0n) is 15.8. The van der Waals surface area contributed by atoms with Crippen molar-refractivity contribution in [3.63, 3.8) is 0 Å². The lowest BCUT2D eigenvalue weighted by Crippen LogP contribution is -2.19. The highest BCUT2D eigenvalue weighted by molar-refractivity contribution is 7.99. The topological polar surface area (TPSA) is 26.3 Å². The van der Waals surface area contributed by atoms with Crippen LogP contribution in [0.15, 0.2) is 36.5 Å². The number of ether oxygens (including phenoxy) is 1. The van der Waals surface area contributed by atoms with Crippen LogP contribution in [0, 0.1) is 0 Å². The Bertz CT molecular complexity index is 372. The number of hydrogen-bond donors (Lipinski definition) is 0. The lowest BCUT2D eigenvalue weighted by atomic mass is 10.1. The second kappa shape index (κ2) is 18.4. The number of carbonyl (C=O) groups is 1. The van der Waals surface area contributed by atoms with E-state index in [4.69, 9.17) is 4.74 Å². The van der Waals surface area contributed by atoms with E-state index < -0.39 is 0 Å². The first-order chi connectivity index (χ1) is 11.8. The molecule has 0 bridgehead atoms. The van der Waals surface area contributed by atoms with E-state index in [-0.39, 0.29) is 11.2 Å². The standard InChI is InChI=1S/C21H36O2S/c1-4-6-7-8-9-10-11-12-13-14-15-16-17-18-19-20(24-3)21(22)23-5-2/h6-7,9-10,12-13,20H,4-5,8,11,14-19H2,1-3H3. The highest BCUT2D eigenvalue weighted by atomic mass is 32.2. The van der Waals surface area contributed by atoms with E-state index >= 15 is 0 Å². The fraction of sp³-hybridized carbons (Fsp3) is 0.667. The predicted molar refractivity (Wildman–Crippen MR) is 109 cm³/mol. The summed E-state index contributed by atoms with van der Waals surface area (Å²) in [5.74, 6) is -0.0498. The van der Waals surface area contributed by atoms with Crippen molar-refractivity contribution in [2.45, 2.75) is 76.9 Å². The minimum Gasteiger partial charge on any atom is -0.465 e. The summed E-state index contributed by atoms with van der Waals surface area (Å²) < 4.78 is 5.09. The van der Waals surface area contributed by atoms with Crippen molar-refractivity contribution in [1.29, 1.82) is 0 Å². The Kier molecular flexibility index (Phi) is 17.6. The Morgan fingerprint density at radius 3 is 2.17 bits per heavy atom. The van der Waals surface area contributed by atoms with Gasteiger partial charge < -0.3 is 4.74 Å². The van der Waals surface area contributed by atoms with Crippen LogP contribution >= 0.6 is 11.8 Å². The van der Waals surface area contributed by atoms with Crippen molar-refractivity contribution in [2.75, 3.05) is 12.9 Å². The molecule has 1 atom stereocenters. The van der Waals surface area contributed by atoms with Crippen LogP contribution in [0.3, 0.4) is 0 Å². The third-order valence-electron chi connectivity index (χ3n) is 3.70. The highest BCUT2D eigenvalue weighted by Crippen LogP contribution is 2.17. The quantitative estimate of drug-likeness (QED) is 0.192. The first-order valence-electron chi connectivity index (χ1n) is 9.40. The number of rotatable bonds is 15. The molecule has 0 aliphatic carbocycles. The minimum atomic E-state index is -0.0498. The molecule has 0 aliphatic heterocycles. The zero-order chi connectivity index (χ0) is 17.9. The van der Waals surface area contributed by atoms with E-state index in [1.807, 2.05) is 13.2 Å². The fourth-order valence-electron chi connectivity index (χ4n) is 2.34. The molecule has 0 aromatic heterocycles. The first kappa shape index (κ1) is 23.0.